The fourth-order valence-corrected chi connectivity index (χ4v) is 6.12. The number of carbonyl (C=O) groups is 3. The number of rotatable bonds is 5. The molecule has 1 spiro atoms. The molecule has 0 saturated carbocycles. The number of likely N-dealkylation sites (tertiary alicyclic amines) is 1. The van der Waals surface area contributed by atoms with Gasteiger partial charge in [-0.2, -0.15) is 13.2 Å². The molecule has 0 aromatic heterocycles. The van der Waals surface area contributed by atoms with Gasteiger partial charge in [0, 0.05) is 37.5 Å². The molecule has 40 heavy (non-hydrogen) atoms. The summed E-state index contributed by atoms with van der Waals surface area (Å²) in [5, 5.41) is 15.6. The molecule has 0 bridgehead atoms. The molecule has 2 saturated heterocycles. The average Bonchev–Trinajstić information content (AvgIpc) is 3.24. The first-order chi connectivity index (χ1) is 19.0. The van der Waals surface area contributed by atoms with E-state index in [2.05, 4.69) is 4.90 Å². The van der Waals surface area contributed by atoms with E-state index in [1.807, 2.05) is 24.3 Å². The summed E-state index contributed by atoms with van der Waals surface area (Å²) in [5.41, 5.74) is -0.411. The van der Waals surface area contributed by atoms with E-state index in [0.717, 1.165) is 36.7 Å². The summed E-state index contributed by atoms with van der Waals surface area (Å²) in [6.45, 7) is 2.64. The molecule has 0 radical (unpaired) electrons. The van der Waals surface area contributed by atoms with Crippen LogP contribution in [0.3, 0.4) is 0 Å². The van der Waals surface area contributed by atoms with Crippen LogP contribution in [0.2, 0.25) is 0 Å². The van der Waals surface area contributed by atoms with E-state index in [9.17, 15) is 27.6 Å². The lowest BCUT2D eigenvalue weighted by Gasteiger charge is -2.44. The number of ether oxygens (including phenoxy) is 2. The Bertz CT molecular complexity index is 1260. The number of thioether (sulfide) groups is 1. The highest BCUT2D eigenvalue weighted by atomic mass is 32.2. The standard InChI is InChI=1S/C23H23F3N2O3S.C4H4O4/c24-23(25,26)16-4-3-5-17(12-16)28-21(29)15-32-22(28)8-10-27(11-9-22)13-18-14-30-19-6-1-2-7-20(19)31-18;5-3(6)1-2-4(7)8/h1-7,12,18H,8-11,13-15H2;1-2H,(H,5,6)(H,7,8)/b;2-1+. The molecule has 214 valence electrons. The minimum absolute atomic E-state index is 0.0867. The number of nitrogens with zero attached hydrogens (tertiary/aromatic N) is 2. The molecule has 1 unspecified atom stereocenters. The molecule has 5 rings (SSSR count). The highest BCUT2D eigenvalue weighted by Crippen LogP contribution is 2.47. The van der Waals surface area contributed by atoms with Crippen molar-refractivity contribution in [2.24, 2.45) is 0 Å². The van der Waals surface area contributed by atoms with Gasteiger partial charge in [0.2, 0.25) is 5.91 Å². The smallest absolute Gasteiger partial charge is 0.416 e. The number of anilines is 1. The summed E-state index contributed by atoms with van der Waals surface area (Å²) in [4.78, 5) is 35.2. The van der Waals surface area contributed by atoms with Crippen molar-refractivity contribution in [1.82, 2.24) is 4.90 Å². The van der Waals surface area contributed by atoms with Crippen molar-refractivity contribution in [2.45, 2.75) is 30.0 Å². The Morgan fingerprint density at radius 1 is 1.02 bits per heavy atom. The van der Waals surface area contributed by atoms with Crippen molar-refractivity contribution in [3.63, 3.8) is 0 Å². The number of aliphatic carboxylic acids is 2. The Kier molecular flexibility index (Phi) is 8.94. The number of amides is 1. The molecule has 2 aromatic carbocycles. The minimum atomic E-state index is -4.44. The second-order valence-electron chi connectivity index (χ2n) is 9.32. The van der Waals surface area contributed by atoms with Crippen LogP contribution in [0, 0.1) is 0 Å². The summed E-state index contributed by atoms with van der Waals surface area (Å²) in [6, 6.07) is 12.7. The number of benzene rings is 2. The number of carboxylic acids is 2. The van der Waals surface area contributed by atoms with E-state index in [1.54, 1.807) is 22.7 Å². The quantitative estimate of drug-likeness (QED) is 0.504. The number of piperidine rings is 1. The van der Waals surface area contributed by atoms with Gasteiger partial charge in [-0.15, -0.1) is 11.8 Å². The molecule has 2 N–H and O–H groups in total. The maximum Gasteiger partial charge on any atom is 0.416 e. The van der Waals surface area contributed by atoms with E-state index < -0.39 is 28.5 Å². The van der Waals surface area contributed by atoms with Gasteiger partial charge in [0.25, 0.3) is 0 Å². The van der Waals surface area contributed by atoms with Crippen LogP contribution in [0.4, 0.5) is 18.9 Å². The van der Waals surface area contributed by atoms with Gasteiger partial charge in [-0.3, -0.25) is 14.6 Å². The normalized spacial score (nSPS) is 20.3. The minimum Gasteiger partial charge on any atom is -0.486 e. The molecule has 3 aliphatic heterocycles. The van der Waals surface area contributed by atoms with Gasteiger partial charge in [-0.05, 0) is 43.2 Å². The fourth-order valence-electron chi connectivity index (χ4n) is 4.79. The van der Waals surface area contributed by atoms with Crippen molar-refractivity contribution in [3.05, 3.63) is 66.2 Å². The maximum absolute atomic E-state index is 13.2. The van der Waals surface area contributed by atoms with Crippen molar-refractivity contribution < 1.29 is 47.2 Å². The van der Waals surface area contributed by atoms with Crippen molar-refractivity contribution in [2.75, 3.05) is 36.9 Å². The van der Waals surface area contributed by atoms with Crippen LogP contribution >= 0.6 is 11.8 Å². The lowest BCUT2D eigenvalue weighted by Crippen LogP contribution is -2.54. The largest absolute Gasteiger partial charge is 0.486 e. The number of fused-ring (bicyclic) bond motifs is 1. The summed E-state index contributed by atoms with van der Waals surface area (Å²) >= 11 is 1.54. The monoisotopic (exact) mass is 580 g/mol. The Morgan fingerprint density at radius 3 is 2.30 bits per heavy atom. The zero-order chi connectivity index (χ0) is 28.9. The molecule has 3 aliphatic rings. The van der Waals surface area contributed by atoms with E-state index in [-0.39, 0.29) is 17.8 Å². The summed E-state index contributed by atoms with van der Waals surface area (Å²) < 4.78 is 51.5. The molecule has 2 aromatic rings. The molecule has 0 aliphatic carbocycles. The third-order valence-electron chi connectivity index (χ3n) is 6.59. The van der Waals surface area contributed by atoms with E-state index in [1.165, 1.54) is 6.07 Å². The highest BCUT2D eigenvalue weighted by Gasteiger charge is 2.49. The third kappa shape index (κ3) is 7.07. The van der Waals surface area contributed by atoms with E-state index in [0.29, 0.717) is 43.8 Å². The average molecular weight is 581 g/mol. The lowest BCUT2D eigenvalue weighted by molar-refractivity contribution is -0.137. The zero-order valence-electron chi connectivity index (χ0n) is 21.2. The Labute approximate surface area is 232 Å². The van der Waals surface area contributed by atoms with Crippen LogP contribution in [-0.4, -0.2) is 75.9 Å². The van der Waals surface area contributed by atoms with Gasteiger partial charge in [0.15, 0.2) is 11.5 Å². The van der Waals surface area contributed by atoms with Crippen LogP contribution < -0.4 is 14.4 Å². The predicted molar refractivity (Wildman–Crippen MR) is 141 cm³/mol. The number of para-hydroxylation sites is 2. The number of hydrogen-bond donors (Lipinski definition) is 2. The van der Waals surface area contributed by atoms with Gasteiger partial charge in [-0.1, -0.05) is 18.2 Å². The Balaban J connectivity index is 0.000000406. The van der Waals surface area contributed by atoms with E-state index >= 15 is 0 Å². The fraction of sp³-hybridized carbons (Fsp3) is 0.370. The molecular weight excluding hydrogens is 553 g/mol. The van der Waals surface area contributed by atoms with Gasteiger partial charge in [0.05, 0.1) is 16.2 Å². The molecule has 1 atom stereocenters. The topological polar surface area (TPSA) is 117 Å². The molecule has 2 fully saturated rings. The second kappa shape index (κ2) is 12.2. The molecule has 13 heteroatoms. The Morgan fingerprint density at radius 2 is 1.68 bits per heavy atom. The predicted octanol–water partition coefficient (Wildman–Crippen LogP) is 4.13. The number of halogens is 3. The first-order valence-electron chi connectivity index (χ1n) is 12.4. The molecular formula is C27H27F3N2O7S. The van der Waals surface area contributed by atoms with Crippen LogP contribution in [0.15, 0.2) is 60.7 Å². The second-order valence-corrected chi connectivity index (χ2v) is 10.7. The van der Waals surface area contributed by atoms with E-state index in [4.69, 9.17) is 19.7 Å². The van der Waals surface area contributed by atoms with Crippen molar-refractivity contribution in [1.29, 1.82) is 0 Å². The van der Waals surface area contributed by atoms with Crippen LogP contribution in [0.5, 0.6) is 11.5 Å². The van der Waals surface area contributed by atoms with Gasteiger partial charge in [-0.25, -0.2) is 9.59 Å². The summed E-state index contributed by atoms with van der Waals surface area (Å²) in [6.07, 6.45) is -2.04. The lowest BCUT2D eigenvalue weighted by atomic mass is 10.00. The van der Waals surface area contributed by atoms with Crippen LogP contribution in [0.25, 0.3) is 0 Å². The molecule has 1 amide bonds. The van der Waals surface area contributed by atoms with Gasteiger partial charge >= 0.3 is 18.1 Å². The first-order valence-corrected chi connectivity index (χ1v) is 13.3. The molecule has 3 heterocycles. The van der Waals surface area contributed by atoms with Gasteiger partial charge in [0.1, 0.15) is 12.7 Å². The Hall–Kier alpha value is -3.71. The number of carbonyl (C=O) groups excluding carboxylic acids is 1. The number of alkyl halides is 3. The zero-order valence-corrected chi connectivity index (χ0v) is 22.0. The molecule has 9 nitrogen and oxygen atoms in total. The number of hydrogen-bond acceptors (Lipinski definition) is 7. The van der Waals surface area contributed by atoms with Crippen LogP contribution in [0.1, 0.15) is 18.4 Å². The summed E-state index contributed by atoms with van der Waals surface area (Å²) in [7, 11) is 0. The van der Waals surface area contributed by atoms with Crippen molar-refractivity contribution >= 4 is 35.3 Å². The van der Waals surface area contributed by atoms with Crippen LogP contribution in [-0.2, 0) is 20.6 Å². The SMILES string of the molecule is O=C(O)/C=C/C(=O)O.O=C1CSC2(CCN(CC3COc4ccccc4O3)CC2)N1c1cccc(C(F)(F)F)c1. The number of carboxylic acid groups (broad SMARTS) is 2. The maximum atomic E-state index is 13.2. The third-order valence-corrected chi connectivity index (χ3v) is 8.11. The first kappa shape index (κ1) is 29.3. The van der Waals surface area contributed by atoms with Crippen molar-refractivity contribution in [3.8, 4) is 11.5 Å². The summed E-state index contributed by atoms with van der Waals surface area (Å²) in [5.74, 6) is -0.876. The van der Waals surface area contributed by atoms with Gasteiger partial charge < -0.3 is 19.7 Å². The highest BCUT2D eigenvalue weighted by molar-refractivity contribution is 8.02.